The Balaban J connectivity index is 2.08. The van der Waals surface area contributed by atoms with Gasteiger partial charge in [-0.25, -0.2) is 0 Å². The van der Waals surface area contributed by atoms with Gasteiger partial charge in [0.15, 0.2) is 0 Å². The highest BCUT2D eigenvalue weighted by Gasteiger charge is 2.15. The molecule has 1 rings (SSSR count). The van der Waals surface area contributed by atoms with E-state index in [1.165, 1.54) is 19.3 Å². The molecule has 1 heterocycles. The molecule has 0 aromatic carbocycles. The lowest BCUT2D eigenvalue weighted by Crippen LogP contribution is -2.37. The molecule has 0 saturated carbocycles. The van der Waals surface area contributed by atoms with Gasteiger partial charge in [0, 0.05) is 18.5 Å². The van der Waals surface area contributed by atoms with Crippen molar-refractivity contribution in [2.24, 2.45) is 5.92 Å². The quantitative estimate of drug-likeness (QED) is 0.610. The largest absolute Gasteiger partial charge is 0.481 e. The van der Waals surface area contributed by atoms with Gasteiger partial charge in [-0.3, -0.25) is 9.59 Å². The number of nitrogens with one attached hydrogen (secondary N) is 2. The molecule has 21 heavy (non-hydrogen) atoms. The predicted octanol–water partition coefficient (Wildman–Crippen LogP) is 2.30. The lowest BCUT2D eigenvalue weighted by Gasteiger charge is -2.23. The molecular formula is C16H30N2O3. The molecule has 0 radical (unpaired) electrons. The van der Waals surface area contributed by atoms with Crippen LogP contribution in [0.2, 0.25) is 0 Å². The van der Waals surface area contributed by atoms with E-state index in [-0.39, 0.29) is 17.9 Å². The van der Waals surface area contributed by atoms with Gasteiger partial charge in [0.1, 0.15) is 0 Å². The number of piperidine rings is 1. The number of hydrogen-bond donors (Lipinski definition) is 3. The van der Waals surface area contributed by atoms with Gasteiger partial charge >= 0.3 is 5.97 Å². The first-order valence-corrected chi connectivity index (χ1v) is 8.24. The maximum absolute atomic E-state index is 11.9. The van der Waals surface area contributed by atoms with Crippen LogP contribution >= 0.6 is 0 Å². The second kappa shape index (κ2) is 9.77. The van der Waals surface area contributed by atoms with Crippen LogP contribution in [0.5, 0.6) is 0 Å². The van der Waals surface area contributed by atoms with Crippen molar-refractivity contribution in [1.29, 1.82) is 0 Å². The van der Waals surface area contributed by atoms with Gasteiger partial charge < -0.3 is 15.7 Å². The molecule has 5 nitrogen and oxygen atoms in total. The standard InChI is InChI=1S/C16H30N2O3/c1-12(16(20)21)6-5-7-13(2)18-15(19)10-9-14-8-3-4-11-17-14/h12-14,17H,3-11H2,1-2H3,(H,18,19)(H,20,21). The van der Waals surface area contributed by atoms with E-state index >= 15 is 0 Å². The maximum Gasteiger partial charge on any atom is 0.306 e. The summed E-state index contributed by atoms with van der Waals surface area (Å²) in [4.78, 5) is 22.6. The van der Waals surface area contributed by atoms with Crippen molar-refractivity contribution in [2.45, 2.75) is 77.3 Å². The van der Waals surface area contributed by atoms with E-state index in [4.69, 9.17) is 5.11 Å². The highest BCUT2D eigenvalue weighted by atomic mass is 16.4. The topological polar surface area (TPSA) is 78.4 Å². The summed E-state index contributed by atoms with van der Waals surface area (Å²) in [6, 6.07) is 0.619. The molecule has 0 spiro atoms. The predicted molar refractivity (Wildman–Crippen MR) is 83.1 cm³/mol. The summed E-state index contributed by atoms with van der Waals surface area (Å²) < 4.78 is 0. The maximum atomic E-state index is 11.9. The zero-order valence-electron chi connectivity index (χ0n) is 13.4. The smallest absolute Gasteiger partial charge is 0.306 e. The molecule has 1 fully saturated rings. The minimum absolute atomic E-state index is 0.112. The Hall–Kier alpha value is -1.10. The second-order valence-corrected chi connectivity index (χ2v) is 6.32. The van der Waals surface area contributed by atoms with Crippen LogP contribution in [0.15, 0.2) is 0 Å². The molecule has 122 valence electrons. The van der Waals surface area contributed by atoms with E-state index in [0.717, 1.165) is 25.8 Å². The highest BCUT2D eigenvalue weighted by molar-refractivity contribution is 5.76. The summed E-state index contributed by atoms with van der Waals surface area (Å²) >= 11 is 0. The van der Waals surface area contributed by atoms with Crippen LogP contribution < -0.4 is 10.6 Å². The Kier molecular flexibility index (Phi) is 8.35. The van der Waals surface area contributed by atoms with Gasteiger partial charge in [-0.1, -0.05) is 19.8 Å². The molecule has 0 bridgehead atoms. The third-order valence-corrected chi connectivity index (χ3v) is 4.24. The van der Waals surface area contributed by atoms with Gasteiger partial charge in [0.2, 0.25) is 5.91 Å². The molecule has 1 aliphatic rings. The molecule has 5 heteroatoms. The van der Waals surface area contributed by atoms with Crippen LogP contribution in [-0.2, 0) is 9.59 Å². The molecule has 1 saturated heterocycles. The van der Waals surface area contributed by atoms with E-state index in [1.807, 2.05) is 6.92 Å². The molecule has 0 aromatic rings. The van der Waals surface area contributed by atoms with Crippen molar-refractivity contribution in [3.05, 3.63) is 0 Å². The summed E-state index contributed by atoms with van der Waals surface area (Å²) in [7, 11) is 0. The number of rotatable bonds is 9. The van der Waals surface area contributed by atoms with E-state index < -0.39 is 5.97 Å². The summed E-state index contributed by atoms with van der Waals surface area (Å²) in [6.45, 7) is 4.79. The SMILES string of the molecule is CC(CCCC(C)C(=O)O)NC(=O)CCC1CCCCN1. The number of carbonyl (C=O) groups excluding carboxylic acids is 1. The van der Waals surface area contributed by atoms with Crippen LogP contribution in [0.3, 0.4) is 0 Å². The molecule has 0 aliphatic carbocycles. The first kappa shape index (κ1) is 18.0. The lowest BCUT2D eigenvalue weighted by molar-refractivity contribution is -0.141. The lowest BCUT2D eigenvalue weighted by atomic mass is 10.00. The molecule has 1 amide bonds. The van der Waals surface area contributed by atoms with Crippen molar-refractivity contribution in [3.8, 4) is 0 Å². The van der Waals surface area contributed by atoms with Crippen LogP contribution in [-0.4, -0.2) is 35.6 Å². The minimum Gasteiger partial charge on any atom is -0.481 e. The van der Waals surface area contributed by atoms with E-state index in [2.05, 4.69) is 10.6 Å². The van der Waals surface area contributed by atoms with Gasteiger partial charge in [0.25, 0.3) is 0 Å². The highest BCUT2D eigenvalue weighted by Crippen LogP contribution is 2.12. The van der Waals surface area contributed by atoms with Gasteiger partial charge in [-0.05, 0) is 45.6 Å². The Morgan fingerprint density at radius 1 is 1.29 bits per heavy atom. The van der Waals surface area contributed by atoms with Crippen LogP contribution in [0.4, 0.5) is 0 Å². The number of aliphatic carboxylic acids is 1. The van der Waals surface area contributed by atoms with E-state index in [1.54, 1.807) is 6.92 Å². The Morgan fingerprint density at radius 2 is 2.05 bits per heavy atom. The molecule has 3 atom stereocenters. The molecule has 3 unspecified atom stereocenters. The zero-order valence-corrected chi connectivity index (χ0v) is 13.4. The number of amides is 1. The third kappa shape index (κ3) is 8.05. The monoisotopic (exact) mass is 298 g/mol. The van der Waals surface area contributed by atoms with Crippen molar-refractivity contribution in [2.75, 3.05) is 6.54 Å². The molecule has 0 aromatic heterocycles. The van der Waals surface area contributed by atoms with Crippen molar-refractivity contribution in [1.82, 2.24) is 10.6 Å². The summed E-state index contributed by atoms with van der Waals surface area (Å²) in [6.07, 6.45) is 7.51. The average molecular weight is 298 g/mol. The van der Waals surface area contributed by atoms with Crippen LogP contribution in [0.25, 0.3) is 0 Å². The molecule has 3 N–H and O–H groups in total. The van der Waals surface area contributed by atoms with Crippen molar-refractivity contribution >= 4 is 11.9 Å². The molecular weight excluding hydrogens is 268 g/mol. The van der Waals surface area contributed by atoms with Gasteiger partial charge in [-0.15, -0.1) is 0 Å². The van der Waals surface area contributed by atoms with Crippen molar-refractivity contribution < 1.29 is 14.7 Å². The number of carbonyl (C=O) groups is 2. The minimum atomic E-state index is -0.744. The summed E-state index contributed by atoms with van der Waals surface area (Å²) in [5.41, 5.74) is 0. The number of carboxylic acid groups (broad SMARTS) is 1. The Morgan fingerprint density at radius 3 is 2.67 bits per heavy atom. The fraction of sp³-hybridized carbons (Fsp3) is 0.875. The van der Waals surface area contributed by atoms with Crippen LogP contribution in [0.1, 0.15) is 65.2 Å². The van der Waals surface area contributed by atoms with E-state index in [0.29, 0.717) is 18.9 Å². The number of hydrogen-bond acceptors (Lipinski definition) is 3. The third-order valence-electron chi connectivity index (χ3n) is 4.24. The normalized spacial score (nSPS) is 21.5. The average Bonchev–Trinajstić information content (AvgIpc) is 2.46. The first-order chi connectivity index (χ1) is 9.99. The summed E-state index contributed by atoms with van der Waals surface area (Å²) in [5, 5.41) is 15.3. The van der Waals surface area contributed by atoms with Crippen LogP contribution in [0, 0.1) is 5.92 Å². The fourth-order valence-corrected chi connectivity index (χ4v) is 2.75. The Labute approximate surface area is 127 Å². The fourth-order valence-electron chi connectivity index (χ4n) is 2.75. The van der Waals surface area contributed by atoms with E-state index in [9.17, 15) is 9.59 Å². The number of carboxylic acids is 1. The second-order valence-electron chi connectivity index (χ2n) is 6.32. The summed E-state index contributed by atoms with van der Waals surface area (Å²) in [5.74, 6) is -0.932. The van der Waals surface area contributed by atoms with Gasteiger partial charge in [0.05, 0.1) is 5.92 Å². The Bertz CT molecular complexity index is 327. The molecule has 1 aliphatic heterocycles. The zero-order chi connectivity index (χ0) is 15.7. The van der Waals surface area contributed by atoms with Crippen molar-refractivity contribution in [3.63, 3.8) is 0 Å². The van der Waals surface area contributed by atoms with Gasteiger partial charge in [-0.2, -0.15) is 0 Å². The first-order valence-electron chi connectivity index (χ1n) is 8.24.